The van der Waals surface area contributed by atoms with E-state index in [0.717, 1.165) is 11.3 Å². The van der Waals surface area contributed by atoms with Gasteiger partial charge < -0.3 is 10.6 Å². The summed E-state index contributed by atoms with van der Waals surface area (Å²) in [5, 5.41) is 5.41. The summed E-state index contributed by atoms with van der Waals surface area (Å²) >= 11 is 0. The van der Waals surface area contributed by atoms with Gasteiger partial charge in [0.1, 0.15) is 17.2 Å². The van der Waals surface area contributed by atoms with Gasteiger partial charge in [-0.05, 0) is 42.0 Å². The molecule has 136 valence electrons. The average Bonchev–Trinajstić information content (AvgIpc) is 2.72. The molecule has 3 aromatic rings. The van der Waals surface area contributed by atoms with Crippen molar-refractivity contribution in [3.63, 3.8) is 0 Å². The van der Waals surface area contributed by atoms with Crippen molar-refractivity contribution in [1.29, 1.82) is 0 Å². The molecule has 0 aliphatic heterocycles. The summed E-state index contributed by atoms with van der Waals surface area (Å²) in [6.45, 7) is 0.499. The fraction of sp³-hybridized carbons (Fsp3) is 0.100. The summed E-state index contributed by atoms with van der Waals surface area (Å²) in [6, 6.07) is 15.9. The summed E-state index contributed by atoms with van der Waals surface area (Å²) in [4.78, 5) is 32.7. The van der Waals surface area contributed by atoms with Gasteiger partial charge in [-0.2, -0.15) is 0 Å². The standard InChI is InChI=1S/C20H17FN4O2/c21-15-9-7-14(8-10-15)12-23-19(26)17-5-3-6-18(25-17)20(27)24-13-16-4-1-2-11-22-16/h1-11H,12-13H2,(H,23,26)(H,24,27). The lowest BCUT2D eigenvalue weighted by Crippen LogP contribution is -2.27. The van der Waals surface area contributed by atoms with Crippen molar-refractivity contribution in [3.8, 4) is 0 Å². The third-order valence-electron chi connectivity index (χ3n) is 3.74. The highest BCUT2D eigenvalue weighted by atomic mass is 19.1. The predicted octanol–water partition coefficient (Wildman–Crippen LogP) is 2.48. The first-order chi connectivity index (χ1) is 13.1. The summed E-state index contributed by atoms with van der Waals surface area (Å²) in [5.74, 6) is -1.15. The van der Waals surface area contributed by atoms with Crippen molar-refractivity contribution >= 4 is 11.8 Å². The number of amides is 2. The van der Waals surface area contributed by atoms with Crippen LogP contribution in [0, 0.1) is 5.82 Å². The van der Waals surface area contributed by atoms with Crippen molar-refractivity contribution in [3.05, 3.63) is 95.3 Å². The summed E-state index contributed by atoms with van der Waals surface area (Å²) in [6.07, 6.45) is 1.64. The zero-order valence-electron chi connectivity index (χ0n) is 14.4. The Labute approximate surface area is 155 Å². The highest BCUT2D eigenvalue weighted by Crippen LogP contribution is 2.04. The number of rotatable bonds is 6. The van der Waals surface area contributed by atoms with Gasteiger partial charge in [-0.25, -0.2) is 9.37 Å². The van der Waals surface area contributed by atoms with Gasteiger partial charge in [0.2, 0.25) is 0 Å². The molecule has 2 aromatic heterocycles. The van der Waals surface area contributed by atoms with E-state index in [0.29, 0.717) is 0 Å². The highest BCUT2D eigenvalue weighted by Gasteiger charge is 2.12. The molecule has 2 amide bonds. The highest BCUT2D eigenvalue weighted by molar-refractivity contribution is 5.96. The fourth-order valence-corrected chi connectivity index (χ4v) is 2.33. The number of hydrogen-bond acceptors (Lipinski definition) is 4. The van der Waals surface area contributed by atoms with E-state index in [1.165, 1.54) is 24.3 Å². The lowest BCUT2D eigenvalue weighted by molar-refractivity contribution is 0.0941. The second-order valence-corrected chi connectivity index (χ2v) is 5.72. The topological polar surface area (TPSA) is 84.0 Å². The summed E-state index contributed by atoms with van der Waals surface area (Å²) in [7, 11) is 0. The van der Waals surface area contributed by atoms with Crippen molar-refractivity contribution in [2.45, 2.75) is 13.1 Å². The Kier molecular flexibility index (Phi) is 5.84. The number of pyridine rings is 2. The zero-order chi connectivity index (χ0) is 19.1. The van der Waals surface area contributed by atoms with Crippen LogP contribution in [0.1, 0.15) is 32.2 Å². The molecule has 3 rings (SSSR count). The van der Waals surface area contributed by atoms with Crippen LogP contribution in [0.4, 0.5) is 4.39 Å². The van der Waals surface area contributed by atoms with Crippen LogP contribution in [0.15, 0.2) is 66.9 Å². The Morgan fingerprint density at radius 1 is 0.815 bits per heavy atom. The smallest absolute Gasteiger partial charge is 0.270 e. The Balaban J connectivity index is 1.59. The molecule has 0 aliphatic rings. The van der Waals surface area contributed by atoms with Crippen LogP contribution in [-0.2, 0) is 13.1 Å². The molecule has 0 aliphatic carbocycles. The van der Waals surface area contributed by atoms with Crippen molar-refractivity contribution < 1.29 is 14.0 Å². The normalized spacial score (nSPS) is 10.3. The number of nitrogens with one attached hydrogen (secondary N) is 2. The molecule has 27 heavy (non-hydrogen) atoms. The Hall–Kier alpha value is -3.61. The number of carbonyl (C=O) groups excluding carboxylic acids is 2. The monoisotopic (exact) mass is 364 g/mol. The van der Waals surface area contributed by atoms with Crippen molar-refractivity contribution in [2.75, 3.05) is 0 Å². The molecule has 0 spiro atoms. The molecule has 0 saturated heterocycles. The molecule has 0 radical (unpaired) electrons. The molecule has 2 N–H and O–H groups in total. The molecule has 0 atom stereocenters. The first kappa shape index (κ1) is 18.2. The molecule has 0 bridgehead atoms. The minimum Gasteiger partial charge on any atom is -0.347 e. The molecule has 2 heterocycles. The minimum absolute atomic E-state index is 0.127. The molecular weight excluding hydrogens is 347 g/mol. The number of hydrogen-bond donors (Lipinski definition) is 2. The van der Waals surface area contributed by atoms with Crippen LogP contribution in [0.25, 0.3) is 0 Å². The third kappa shape index (κ3) is 5.18. The van der Waals surface area contributed by atoms with Crippen LogP contribution in [0.3, 0.4) is 0 Å². The van der Waals surface area contributed by atoms with Gasteiger partial charge >= 0.3 is 0 Å². The van der Waals surface area contributed by atoms with Crippen molar-refractivity contribution in [1.82, 2.24) is 20.6 Å². The average molecular weight is 364 g/mol. The number of nitrogens with zero attached hydrogens (tertiary/aromatic N) is 2. The lowest BCUT2D eigenvalue weighted by atomic mass is 10.2. The summed E-state index contributed by atoms with van der Waals surface area (Å²) < 4.78 is 12.9. The predicted molar refractivity (Wildman–Crippen MR) is 97.2 cm³/mol. The fourth-order valence-electron chi connectivity index (χ4n) is 2.33. The second-order valence-electron chi connectivity index (χ2n) is 5.72. The quantitative estimate of drug-likeness (QED) is 0.704. The molecular formula is C20H17FN4O2. The van der Waals surface area contributed by atoms with Gasteiger partial charge in [-0.1, -0.05) is 24.3 Å². The number of halogens is 1. The Morgan fingerprint density at radius 2 is 1.48 bits per heavy atom. The van der Waals surface area contributed by atoms with E-state index >= 15 is 0 Å². The van der Waals surface area contributed by atoms with E-state index in [1.807, 2.05) is 6.07 Å². The van der Waals surface area contributed by atoms with Gasteiger partial charge in [0, 0.05) is 12.7 Å². The van der Waals surface area contributed by atoms with Gasteiger partial charge in [-0.3, -0.25) is 14.6 Å². The SMILES string of the molecule is O=C(NCc1ccc(F)cc1)c1cccc(C(=O)NCc2ccccn2)n1. The van der Waals surface area contributed by atoms with E-state index in [-0.39, 0.29) is 30.3 Å². The maximum Gasteiger partial charge on any atom is 0.270 e. The van der Waals surface area contributed by atoms with E-state index in [2.05, 4.69) is 20.6 Å². The van der Waals surface area contributed by atoms with E-state index in [9.17, 15) is 14.0 Å². The number of benzene rings is 1. The number of aromatic nitrogens is 2. The third-order valence-corrected chi connectivity index (χ3v) is 3.74. The second kappa shape index (κ2) is 8.66. The molecule has 0 unspecified atom stereocenters. The first-order valence-corrected chi connectivity index (χ1v) is 8.29. The van der Waals surface area contributed by atoms with Gasteiger partial charge in [0.15, 0.2) is 0 Å². The Bertz CT molecular complexity index is 930. The van der Waals surface area contributed by atoms with Crippen LogP contribution in [0.5, 0.6) is 0 Å². The minimum atomic E-state index is -0.418. The van der Waals surface area contributed by atoms with Gasteiger partial charge in [0.25, 0.3) is 11.8 Å². The van der Waals surface area contributed by atoms with E-state index < -0.39 is 11.8 Å². The van der Waals surface area contributed by atoms with Crippen LogP contribution in [-0.4, -0.2) is 21.8 Å². The molecule has 1 aromatic carbocycles. The molecule has 7 heteroatoms. The lowest BCUT2D eigenvalue weighted by Gasteiger charge is -2.07. The van der Waals surface area contributed by atoms with Crippen LogP contribution < -0.4 is 10.6 Å². The van der Waals surface area contributed by atoms with Crippen LogP contribution >= 0.6 is 0 Å². The van der Waals surface area contributed by atoms with Crippen molar-refractivity contribution in [2.24, 2.45) is 0 Å². The first-order valence-electron chi connectivity index (χ1n) is 8.29. The van der Waals surface area contributed by atoms with Crippen LogP contribution in [0.2, 0.25) is 0 Å². The van der Waals surface area contributed by atoms with Gasteiger partial charge in [0.05, 0.1) is 12.2 Å². The van der Waals surface area contributed by atoms with E-state index in [4.69, 9.17) is 0 Å². The van der Waals surface area contributed by atoms with E-state index in [1.54, 1.807) is 36.5 Å². The number of carbonyl (C=O) groups is 2. The maximum atomic E-state index is 12.9. The van der Waals surface area contributed by atoms with Gasteiger partial charge in [-0.15, -0.1) is 0 Å². The zero-order valence-corrected chi connectivity index (χ0v) is 14.4. The molecule has 6 nitrogen and oxygen atoms in total. The maximum absolute atomic E-state index is 12.9. The largest absolute Gasteiger partial charge is 0.347 e. The molecule has 0 saturated carbocycles. The molecule has 0 fully saturated rings. The Morgan fingerprint density at radius 3 is 2.11 bits per heavy atom. The summed E-state index contributed by atoms with van der Waals surface area (Å²) in [5.41, 5.74) is 1.75.